The summed E-state index contributed by atoms with van der Waals surface area (Å²) >= 11 is 0. The monoisotopic (exact) mass is 381 g/mol. The van der Waals surface area contributed by atoms with E-state index in [-0.39, 0.29) is 0 Å². The highest BCUT2D eigenvalue weighted by Gasteiger charge is 2.19. The van der Waals surface area contributed by atoms with Crippen LogP contribution in [0.3, 0.4) is 0 Å². The molecule has 1 aromatic rings. The molecular formula is C26H36FN. The Labute approximate surface area is 171 Å². The van der Waals surface area contributed by atoms with Gasteiger partial charge >= 0.3 is 0 Å². The smallest absolute Gasteiger partial charge is 0.195 e. The zero-order valence-electron chi connectivity index (χ0n) is 17.5. The minimum absolute atomic E-state index is 0.538. The van der Waals surface area contributed by atoms with Crippen LogP contribution in [0.5, 0.6) is 0 Å². The van der Waals surface area contributed by atoms with Crippen LogP contribution in [0, 0.1) is 23.2 Å². The third kappa shape index (κ3) is 8.87. The molecule has 0 amide bonds. The lowest BCUT2D eigenvalue weighted by atomic mass is 9.79. The lowest BCUT2D eigenvalue weighted by molar-refractivity contribution is 0.296. The van der Waals surface area contributed by atoms with E-state index in [1.54, 1.807) is 6.08 Å². The predicted octanol–water partition coefficient (Wildman–Crippen LogP) is 7.87. The molecule has 0 radical (unpaired) electrons. The van der Waals surface area contributed by atoms with Crippen LogP contribution in [0.2, 0.25) is 0 Å². The van der Waals surface area contributed by atoms with Crippen LogP contribution < -0.4 is 0 Å². The summed E-state index contributed by atoms with van der Waals surface area (Å²) in [6.07, 6.45) is 20.3. The molecule has 0 aliphatic heterocycles. The van der Waals surface area contributed by atoms with E-state index in [0.717, 1.165) is 5.92 Å². The van der Waals surface area contributed by atoms with Crippen molar-refractivity contribution in [3.8, 4) is 6.07 Å². The van der Waals surface area contributed by atoms with E-state index < -0.39 is 5.83 Å². The zero-order chi connectivity index (χ0) is 20.0. The molecule has 0 N–H and O–H groups in total. The van der Waals surface area contributed by atoms with E-state index >= 15 is 0 Å². The maximum absolute atomic E-state index is 12.8. The Morgan fingerprint density at radius 1 is 1.00 bits per heavy atom. The number of hydrogen-bond donors (Lipinski definition) is 0. The van der Waals surface area contributed by atoms with Gasteiger partial charge in [-0.15, -0.1) is 0 Å². The molecule has 2 heteroatoms. The van der Waals surface area contributed by atoms with E-state index in [0.29, 0.717) is 5.92 Å². The van der Waals surface area contributed by atoms with Gasteiger partial charge in [-0.05, 0) is 80.4 Å². The predicted molar refractivity (Wildman–Crippen MR) is 117 cm³/mol. The van der Waals surface area contributed by atoms with Crippen LogP contribution in [0.15, 0.2) is 48.3 Å². The molecule has 1 aliphatic carbocycles. The highest BCUT2D eigenvalue weighted by Crippen LogP contribution is 2.32. The highest BCUT2D eigenvalue weighted by atomic mass is 19.1. The van der Waals surface area contributed by atoms with Crippen LogP contribution in [-0.4, -0.2) is 0 Å². The summed E-state index contributed by atoms with van der Waals surface area (Å²) in [5.74, 6) is 0.636. The number of aryl methyl sites for hydroxylation is 2. The first kappa shape index (κ1) is 22.4. The Hall–Kier alpha value is -1.88. The van der Waals surface area contributed by atoms with Crippen molar-refractivity contribution in [2.75, 3.05) is 0 Å². The number of nitriles is 1. The zero-order valence-corrected chi connectivity index (χ0v) is 17.5. The maximum atomic E-state index is 12.8. The Morgan fingerprint density at radius 2 is 1.64 bits per heavy atom. The Bertz CT molecular complexity index is 642. The molecule has 28 heavy (non-hydrogen) atoms. The largest absolute Gasteiger partial charge is 0.199 e. The number of benzene rings is 1. The van der Waals surface area contributed by atoms with Crippen LogP contribution in [0.1, 0.15) is 82.3 Å². The van der Waals surface area contributed by atoms with Gasteiger partial charge in [-0.25, -0.2) is 0 Å². The molecule has 1 saturated carbocycles. The van der Waals surface area contributed by atoms with Gasteiger partial charge < -0.3 is 0 Å². The minimum Gasteiger partial charge on any atom is -0.195 e. The first-order valence-corrected chi connectivity index (χ1v) is 11.2. The van der Waals surface area contributed by atoms with Crippen molar-refractivity contribution in [1.29, 1.82) is 5.26 Å². The molecule has 0 bridgehead atoms. The average Bonchev–Trinajstić information content (AvgIpc) is 2.73. The van der Waals surface area contributed by atoms with Gasteiger partial charge in [0.2, 0.25) is 0 Å². The second-order valence-electron chi connectivity index (χ2n) is 8.31. The van der Waals surface area contributed by atoms with Crippen LogP contribution in [-0.2, 0) is 12.8 Å². The second kappa shape index (κ2) is 13.3. The third-order valence-electron chi connectivity index (χ3n) is 6.06. The van der Waals surface area contributed by atoms with Crippen molar-refractivity contribution in [3.05, 3.63) is 59.4 Å². The normalized spacial score (nSPS) is 20.4. The minimum atomic E-state index is -0.715. The van der Waals surface area contributed by atoms with Gasteiger partial charge in [0.15, 0.2) is 5.83 Å². The van der Waals surface area contributed by atoms with Gasteiger partial charge in [-0.3, -0.25) is 0 Å². The van der Waals surface area contributed by atoms with Crippen molar-refractivity contribution in [1.82, 2.24) is 0 Å². The molecule has 1 fully saturated rings. The van der Waals surface area contributed by atoms with Crippen molar-refractivity contribution < 1.29 is 4.39 Å². The van der Waals surface area contributed by atoms with E-state index in [4.69, 9.17) is 5.26 Å². The molecule has 0 unspecified atom stereocenters. The molecule has 0 saturated heterocycles. The summed E-state index contributed by atoms with van der Waals surface area (Å²) in [5, 5.41) is 8.41. The summed E-state index contributed by atoms with van der Waals surface area (Å²) < 4.78 is 12.8. The van der Waals surface area contributed by atoms with Gasteiger partial charge in [-0.2, -0.15) is 9.65 Å². The second-order valence-corrected chi connectivity index (χ2v) is 8.31. The number of halogens is 1. The Balaban J connectivity index is 1.63. The summed E-state index contributed by atoms with van der Waals surface area (Å²) in [6, 6.07) is 10.8. The molecule has 0 atom stereocenters. The van der Waals surface area contributed by atoms with Crippen LogP contribution in [0.4, 0.5) is 4.39 Å². The first-order valence-electron chi connectivity index (χ1n) is 11.2. The molecule has 152 valence electrons. The van der Waals surface area contributed by atoms with Crippen molar-refractivity contribution >= 4 is 0 Å². The molecule has 2 rings (SSSR count). The number of rotatable bonds is 11. The summed E-state index contributed by atoms with van der Waals surface area (Å²) in [5.41, 5.74) is 2.95. The quantitative estimate of drug-likeness (QED) is 0.217. The molecule has 0 spiro atoms. The SMILES string of the molecule is CCCCCCCc1ccc(CC[C@H]2CC[C@H](C=CC=C(F)C#N)CC2)cc1. The fourth-order valence-electron chi connectivity index (χ4n) is 4.18. The fraction of sp³-hybridized carbons (Fsp3) is 0.577. The Kier molecular flexibility index (Phi) is 10.7. The highest BCUT2D eigenvalue weighted by molar-refractivity contribution is 5.23. The van der Waals surface area contributed by atoms with Gasteiger partial charge in [0.1, 0.15) is 6.07 Å². The lowest BCUT2D eigenvalue weighted by Gasteiger charge is -2.26. The average molecular weight is 382 g/mol. The van der Waals surface area contributed by atoms with Crippen molar-refractivity contribution in [2.24, 2.45) is 11.8 Å². The lowest BCUT2D eigenvalue weighted by Crippen LogP contribution is -2.13. The van der Waals surface area contributed by atoms with Crippen molar-refractivity contribution in [3.63, 3.8) is 0 Å². The summed E-state index contributed by atoms with van der Waals surface area (Å²) in [4.78, 5) is 0. The van der Waals surface area contributed by atoms with Gasteiger partial charge in [0.25, 0.3) is 0 Å². The first-order chi connectivity index (χ1) is 13.7. The summed E-state index contributed by atoms with van der Waals surface area (Å²) in [7, 11) is 0. The van der Waals surface area contributed by atoms with E-state index in [1.165, 1.54) is 100 Å². The number of unbranched alkanes of at least 4 members (excludes halogenated alkanes) is 4. The van der Waals surface area contributed by atoms with E-state index in [2.05, 4.69) is 37.3 Å². The molecule has 1 aromatic carbocycles. The van der Waals surface area contributed by atoms with E-state index in [1.807, 2.05) is 0 Å². The Morgan fingerprint density at radius 3 is 2.29 bits per heavy atom. The van der Waals surface area contributed by atoms with Gasteiger partial charge in [-0.1, -0.05) is 69.0 Å². The molecule has 1 nitrogen and oxygen atoms in total. The van der Waals surface area contributed by atoms with Crippen molar-refractivity contribution in [2.45, 2.75) is 84.0 Å². The summed E-state index contributed by atoms with van der Waals surface area (Å²) in [6.45, 7) is 2.26. The maximum Gasteiger partial charge on any atom is 0.199 e. The van der Waals surface area contributed by atoms with Crippen LogP contribution >= 0.6 is 0 Å². The molecule has 0 heterocycles. The van der Waals surface area contributed by atoms with Gasteiger partial charge in [0.05, 0.1) is 0 Å². The fourth-order valence-corrected chi connectivity index (χ4v) is 4.18. The number of hydrogen-bond acceptors (Lipinski definition) is 1. The van der Waals surface area contributed by atoms with Crippen LogP contribution in [0.25, 0.3) is 0 Å². The number of allylic oxidation sites excluding steroid dienone is 4. The standard InChI is InChI=1S/C26H36FN/c1-2-3-4-5-6-8-22-11-15-24(16-12-22)19-20-25-17-13-23(14-18-25)9-7-10-26(27)21-28/h7,9-12,15-16,23,25H,2-6,8,13-14,17-20H2,1H3/t23-,25-. The third-order valence-corrected chi connectivity index (χ3v) is 6.06. The molecule has 0 aromatic heterocycles. The number of nitrogens with zero attached hydrogens (tertiary/aromatic N) is 1. The topological polar surface area (TPSA) is 23.8 Å². The molecular weight excluding hydrogens is 345 g/mol. The van der Waals surface area contributed by atoms with E-state index in [9.17, 15) is 4.39 Å². The van der Waals surface area contributed by atoms with Gasteiger partial charge in [0, 0.05) is 0 Å². The molecule has 1 aliphatic rings.